The highest BCUT2D eigenvalue weighted by Gasteiger charge is 2.06. The predicted molar refractivity (Wildman–Crippen MR) is 59.0 cm³/mol. The van der Waals surface area contributed by atoms with E-state index in [0.717, 1.165) is 11.0 Å². The summed E-state index contributed by atoms with van der Waals surface area (Å²) in [5.41, 5.74) is 0. The Morgan fingerprint density at radius 1 is 1.53 bits per heavy atom. The third kappa shape index (κ3) is 3.55. The highest BCUT2D eigenvalue weighted by molar-refractivity contribution is 7.14. The van der Waals surface area contributed by atoms with Gasteiger partial charge in [-0.15, -0.1) is 11.3 Å². The molecule has 0 fully saturated rings. The largest absolute Gasteiger partial charge is 0.478 e. The zero-order valence-electron chi connectivity index (χ0n) is 8.19. The van der Waals surface area contributed by atoms with E-state index in [0.29, 0.717) is 11.4 Å². The first-order valence-corrected chi connectivity index (χ1v) is 5.24. The minimum Gasteiger partial charge on any atom is -0.478 e. The molecule has 0 saturated carbocycles. The van der Waals surface area contributed by atoms with E-state index in [4.69, 9.17) is 5.11 Å². The van der Waals surface area contributed by atoms with Crippen molar-refractivity contribution in [3.05, 3.63) is 28.0 Å². The van der Waals surface area contributed by atoms with Crippen molar-refractivity contribution >= 4 is 29.3 Å². The molecule has 0 aliphatic heterocycles. The normalized spacial score (nSPS) is 10.5. The summed E-state index contributed by atoms with van der Waals surface area (Å²) in [6.45, 7) is 2.42. The van der Waals surface area contributed by atoms with Crippen LogP contribution in [-0.2, 0) is 4.79 Å². The standard InChI is InChI=1S/C10H11NO3S/c1-2-11-10(14)8-5-3-7(15-8)4-6-9(12)13/h3-6H,2H2,1H3,(H,11,14)(H,12,13)/b6-4+. The van der Waals surface area contributed by atoms with Gasteiger partial charge in [0.05, 0.1) is 4.88 Å². The van der Waals surface area contributed by atoms with Gasteiger partial charge in [-0.3, -0.25) is 4.79 Å². The van der Waals surface area contributed by atoms with E-state index in [1.165, 1.54) is 17.4 Å². The lowest BCUT2D eigenvalue weighted by atomic mass is 10.4. The van der Waals surface area contributed by atoms with Crippen molar-refractivity contribution in [3.63, 3.8) is 0 Å². The Balaban J connectivity index is 2.72. The quantitative estimate of drug-likeness (QED) is 0.765. The van der Waals surface area contributed by atoms with E-state index in [2.05, 4.69) is 5.32 Å². The lowest BCUT2D eigenvalue weighted by Crippen LogP contribution is -2.21. The Morgan fingerprint density at radius 2 is 2.27 bits per heavy atom. The Morgan fingerprint density at radius 3 is 2.87 bits per heavy atom. The number of carboxylic acids is 1. The summed E-state index contributed by atoms with van der Waals surface area (Å²) in [6.07, 6.45) is 2.52. The van der Waals surface area contributed by atoms with Crippen LogP contribution in [0.25, 0.3) is 6.08 Å². The Bertz CT molecular complexity index is 395. The van der Waals surface area contributed by atoms with E-state index in [1.54, 1.807) is 12.1 Å². The summed E-state index contributed by atoms with van der Waals surface area (Å²) in [5.74, 6) is -1.12. The first-order valence-electron chi connectivity index (χ1n) is 4.42. The van der Waals surface area contributed by atoms with Gasteiger partial charge in [-0.25, -0.2) is 4.79 Å². The van der Waals surface area contributed by atoms with E-state index >= 15 is 0 Å². The minimum absolute atomic E-state index is 0.127. The number of hydrogen-bond donors (Lipinski definition) is 2. The highest BCUT2D eigenvalue weighted by Crippen LogP contribution is 2.17. The van der Waals surface area contributed by atoms with Crippen molar-refractivity contribution in [2.75, 3.05) is 6.54 Å². The van der Waals surface area contributed by atoms with Gasteiger partial charge in [-0.05, 0) is 25.1 Å². The first kappa shape index (κ1) is 11.5. The second kappa shape index (κ2) is 5.31. The van der Waals surface area contributed by atoms with Gasteiger partial charge in [-0.1, -0.05) is 0 Å². The number of carboxylic acid groups (broad SMARTS) is 1. The van der Waals surface area contributed by atoms with Crippen molar-refractivity contribution in [1.29, 1.82) is 0 Å². The van der Waals surface area contributed by atoms with Gasteiger partial charge in [0.15, 0.2) is 0 Å². The van der Waals surface area contributed by atoms with Gasteiger partial charge in [-0.2, -0.15) is 0 Å². The molecule has 0 spiro atoms. The SMILES string of the molecule is CCNC(=O)c1ccc(/C=C/C(=O)O)s1. The summed E-state index contributed by atoms with van der Waals surface area (Å²) in [5, 5.41) is 11.1. The lowest BCUT2D eigenvalue weighted by molar-refractivity contribution is -0.131. The van der Waals surface area contributed by atoms with E-state index < -0.39 is 5.97 Å². The summed E-state index contributed by atoms with van der Waals surface area (Å²) >= 11 is 1.26. The van der Waals surface area contributed by atoms with Crippen molar-refractivity contribution in [1.82, 2.24) is 5.32 Å². The number of rotatable bonds is 4. The van der Waals surface area contributed by atoms with Crippen LogP contribution in [0, 0.1) is 0 Å². The molecular weight excluding hydrogens is 214 g/mol. The van der Waals surface area contributed by atoms with Crippen LogP contribution in [-0.4, -0.2) is 23.5 Å². The number of carbonyl (C=O) groups is 2. The fourth-order valence-corrected chi connectivity index (χ4v) is 1.79. The number of hydrogen-bond acceptors (Lipinski definition) is 3. The molecule has 0 bridgehead atoms. The number of aliphatic carboxylic acids is 1. The monoisotopic (exact) mass is 225 g/mol. The van der Waals surface area contributed by atoms with E-state index in [-0.39, 0.29) is 5.91 Å². The van der Waals surface area contributed by atoms with Gasteiger partial charge in [0.2, 0.25) is 0 Å². The van der Waals surface area contributed by atoms with Crippen molar-refractivity contribution < 1.29 is 14.7 Å². The Labute approximate surface area is 91.2 Å². The molecule has 0 atom stereocenters. The highest BCUT2D eigenvalue weighted by atomic mass is 32.1. The summed E-state index contributed by atoms with van der Waals surface area (Å²) in [7, 11) is 0. The second-order valence-electron chi connectivity index (χ2n) is 2.73. The van der Waals surface area contributed by atoms with Crippen molar-refractivity contribution in [2.24, 2.45) is 0 Å². The summed E-state index contributed by atoms with van der Waals surface area (Å²) < 4.78 is 0. The predicted octanol–water partition coefficient (Wildman–Crippen LogP) is 1.60. The third-order valence-electron chi connectivity index (χ3n) is 1.58. The molecule has 0 radical (unpaired) electrons. The molecule has 5 heteroatoms. The average molecular weight is 225 g/mol. The lowest BCUT2D eigenvalue weighted by Gasteiger charge is -1.96. The molecule has 0 aliphatic carbocycles. The number of nitrogens with one attached hydrogen (secondary N) is 1. The topological polar surface area (TPSA) is 66.4 Å². The van der Waals surface area contributed by atoms with E-state index in [9.17, 15) is 9.59 Å². The Kier molecular flexibility index (Phi) is 4.05. The minimum atomic E-state index is -0.997. The average Bonchev–Trinajstić information content (AvgIpc) is 2.63. The Hall–Kier alpha value is -1.62. The maximum absolute atomic E-state index is 11.4. The van der Waals surface area contributed by atoms with Crippen LogP contribution in [0.15, 0.2) is 18.2 Å². The molecule has 4 nitrogen and oxygen atoms in total. The van der Waals surface area contributed by atoms with Crippen LogP contribution in [0.5, 0.6) is 0 Å². The number of carbonyl (C=O) groups excluding carboxylic acids is 1. The molecule has 2 N–H and O–H groups in total. The van der Waals surface area contributed by atoms with Crippen LogP contribution in [0.2, 0.25) is 0 Å². The maximum Gasteiger partial charge on any atom is 0.328 e. The number of amides is 1. The molecular formula is C10H11NO3S. The number of thiophene rings is 1. The van der Waals surface area contributed by atoms with Gasteiger partial charge in [0.25, 0.3) is 5.91 Å². The smallest absolute Gasteiger partial charge is 0.328 e. The van der Waals surface area contributed by atoms with Gasteiger partial charge in [0.1, 0.15) is 0 Å². The molecule has 1 heterocycles. The molecule has 0 unspecified atom stereocenters. The zero-order valence-corrected chi connectivity index (χ0v) is 9.00. The molecule has 80 valence electrons. The van der Waals surface area contributed by atoms with Crippen LogP contribution < -0.4 is 5.32 Å². The van der Waals surface area contributed by atoms with Crippen molar-refractivity contribution in [3.8, 4) is 0 Å². The van der Waals surface area contributed by atoms with E-state index in [1.807, 2.05) is 6.92 Å². The third-order valence-corrected chi connectivity index (χ3v) is 2.63. The fraction of sp³-hybridized carbons (Fsp3) is 0.200. The van der Waals surface area contributed by atoms with Crippen LogP contribution >= 0.6 is 11.3 Å². The van der Waals surface area contributed by atoms with Gasteiger partial charge < -0.3 is 10.4 Å². The van der Waals surface area contributed by atoms with Gasteiger partial charge in [0, 0.05) is 17.5 Å². The van der Waals surface area contributed by atoms with Gasteiger partial charge >= 0.3 is 5.97 Å². The molecule has 1 aromatic rings. The molecule has 0 saturated heterocycles. The second-order valence-corrected chi connectivity index (χ2v) is 3.85. The molecule has 15 heavy (non-hydrogen) atoms. The zero-order chi connectivity index (χ0) is 11.3. The van der Waals surface area contributed by atoms with Crippen molar-refractivity contribution in [2.45, 2.75) is 6.92 Å². The molecule has 0 aliphatic rings. The summed E-state index contributed by atoms with van der Waals surface area (Å²) in [4.78, 5) is 22.9. The van der Waals surface area contributed by atoms with Crippen LogP contribution in [0.1, 0.15) is 21.5 Å². The molecule has 1 aromatic heterocycles. The molecule has 1 rings (SSSR count). The van der Waals surface area contributed by atoms with Crippen LogP contribution in [0.4, 0.5) is 0 Å². The first-order chi connectivity index (χ1) is 7.13. The fourth-order valence-electron chi connectivity index (χ4n) is 0.966. The molecule has 0 aromatic carbocycles. The maximum atomic E-state index is 11.4. The summed E-state index contributed by atoms with van der Waals surface area (Å²) in [6, 6.07) is 3.39. The molecule has 1 amide bonds. The van der Waals surface area contributed by atoms with Crippen LogP contribution in [0.3, 0.4) is 0 Å².